The maximum absolute atomic E-state index is 12.4. The van der Waals surface area contributed by atoms with Crippen LogP contribution in [0.2, 0.25) is 0 Å². The fourth-order valence-electron chi connectivity index (χ4n) is 4.69. The number of ketones is 4. The van der Waals surface area contributed by atoms with Crippen molar-refractivity contribution in [2.75, 3.05) is 0 Å². The van der Waals surface area contributed by atoms with E-state index < -0.39 is 0 Å². The predicted octanol–water partition coefficient (Wildman–Crippen LogP) is 13.3. The molecule has 4 aromatic rings. The Labute approximate surface area is 310 Å². The molecule has 0 saturated heterocycles. The third-order valence-corrected chi connectivity index (χ3v) is 11.5. The largest absolute Gasteiger partial charge is 0.288 e. The number of halogens is 2. The topological polar surface area (TPSA) is 68.3 Å². The van der Waals surface area contributed by atoms with Gasteiger partial charge < -0.3 is 0 Å². The number of rotatable bonds is 0. The number of hydrogen-bond acceptors (Lipinski definition) is 8. The number of hydrogen-bond donors (Lipinski definition) is 0. The lowest BCUT2D eigenvalue weighted by atomic mass is 10.1. The van der Waals surface area contributed by atoms with E-state index in [1.165, 1.54) is 47.0 Å². The summed E-state index contributed by atoms with van der Waals surface area (Å²) in [4.78, 5) is 55.8. The fourth-order valence-corrected chi connectivity index (χ4v) is 9.29. The number of thioether (sulfide) groups is 4. The highest BCUT2D eigenvalue weighted by Gasteiger charge is 2.37. The van der Waals surface area contributed by atoms with Crippen LogP contribution < -0.4 is 0 Å². The van der Waals surface area contributed by atoms with Gasteiger partial charge in [-0.3, -0.25) is 19.2 Å². The molecule has 8 rings (SSSR count). The van der Waals surface area contributed by atoms with Gasteiger partial charge in [-0.05, 0) is 48.5 Å². The molecule has 0 fully saturated rings. The maximum atomic E-state index is 12.4. The minimum Gasteiger partial charge on any atom is -0.288 e. The molecule has 50 heavy (non-hydrogen) atoms. The molecule has 4 nitrogen and oxygen atoms in total. The maximum Gasteiger partial charge on any atom is 0.202 e. The van der Waals surface area contributed by atoms with E-state index in [1.807, 2.05) is 152 Å². The molecule has 4 heterocycles. The Hall–Kier alpha value is -3.70. The van der Waals surface area contributed by atoms with Crippen LogP contribution >= 0.6 is 47.0 Å². The molecule has 4 aliphatic heterocycles. The van der Waals surface area contributed by atoms with Crippen molar-refractivity contribution in [2.24, 2.45) is 0 Å². The molecule has 0 atom stereocenters. The van der Waals surface area contributed by atoms with Gasteiger partial charge in [-0.15, -0.1) is 0 Å². The number of benzene rings is 4. The van der Waals surface area contributed by atoms with Gasteiger partial charge in [-0.2, -0.15) is 0 Å². The lowest BCUT2D eigenvalue weighted by molar-refractivity contribution is 0.101. The van der Waals surface area contributed by atoms with Gasteiger partial charge in [0.25, 0.3) is 0 Å². The van der Waals surface area contributed by atoms with E-state index in [0.717, 1.165) is 19.6 Å². The standard InChI is InChI=1S/2C16H8O2S2.4C2H6.F2/c2*17-13-9-5-1-3-7-11(9)19-15(13)16-14(18)10-6-2-4-8-12(10)20-16;5*1-2/h2*1-8H;4*1-2H3;/b16-15+;16-15-;;;;;. The van der Waals surface area contributed by atoms with Crippen molar-refractivity contribution in [3.63, 3.8) is 0 Å². The second-order valence-electron chi connectivity index (χ2n) is 9.03. The van der Waals surface area contributed by atoms with Crippen molar-refractivity contribution in [2.45, 2.75) is 75.0 Å². The Bertz CT molecular complexity index is 1630. The average molecular weight is 751 g/mol. The zero-order chi connectivity index (χ0) is 37.4. The molecule has 0 aliphatic carbocycles. The molecule has 4 aromatic carbocycles. The van der Waals surface area contributed by atoms with Gasteiger partial charge in [0.15, 0.2) is 0 Å². The summed E-state index contributed by atoms with van der Waals surface area (Å²) in [7, 11) is 0. The SMILES string of the molecule is CC.CC.CC.CC.FF.O=C1/C(=C2/Sc3ccccc3C2=O)Sc2ccccc21.O=C1/C(=C2\Sc3ccccc3C2=O)Sc2ccccc21. The third-order valence-electron chi connectivity index (χ3n) is 6.61. The predicted molar refractivity (Wildman–Crippen MR) is 208 cm³/mol. The minimum absolute atomic E-state index is 0.0331. The summed E-state index contributed by atoms with van der Waals surface area (Å²) < 4.78 is 16.0. The van der Waals surface area contributed by atoms with Crippen LogP contribution in [0.4, 0.5) is 9.15 Å². The molecule has 0 aromatic heterocycles. The summed E-state index contributed by atoms with van der Waals surface area (Å²) >= 11 is 5.62. The Morgan fingerprint density at radius 2 is 0.480 bits per heavy atom. The lowest BCUT2D eigenvalue weighted by Crippen LogP contribution is -2.01. The van der Waals surface area contributed by atoms with Gasteiger partial charge in [0.05, 0.1) is 19.6 Å². The lowest BCUT2D eigenvalue weighted by Gasteiger charge is -1.98. The van der Waals surface area contributed by atoms with Crippen LogP contribution in [-0.4, -0.2) is 23.1 Å². The van der Waals surface area contributed by atoms with Crippen molar-refractivity contribution in [1.82, 2.24) is 0 Å². The first kappa shape index (κ1) is 42.5. The Morgan fingerprint density at radius 3 is 0.640 bits per heavy atom. The van der Waals surface area contributed by atoms with Gasteiger partial charge >= 0.3 is 0 Å². The molecule has 0 radical (unpaired) electrons. The van der Waals surface area contributed by atoms with E-state index in [1.54, 1.807) is 0 Å². The van der Waals surface area contributed by atoms with Crippen LogP contribution in [0.15, 0.2) is 136 Å². The molecule has 0 bridgehead atoms. The molecule has 0 saturated carbocycles. The molecule has 4 aliphatic rings. The Balaban J connectivity index is 0.000000278. The average Bonchev–Trinajstić information content (AvgIpc) is 3.93. The summed E-state index contributed by atoms with van der Waals surface area (Å²) in [5, 5.41) is 0. The van der Waals surface area contributed by atoms with Gasteiger partial charge in [0.2, 0.25) is 23.1 Å². The van der Waals surface area contributed by atoms with Crippen molar-refractivity contribution in [3.8, 4) is 0 Å². The van der Waals surface area contributed by atoms with E-state index >= 15 is 0 Å². The molecule has 262 valence electrons. The summed E-state index contributed by atoms with van der Waals surface area (Å²) in [6, 6.07) is 30.0. The van der Waals surface area contributed by atoms with Crippen LogP contribution in [0.5, 0.6) is 0 Å². The minimum atomic E-state index is -0.0331. The summed E-state index contributed by atoms with van der Waals surface area (Å²) in [6.07, 6.45) is 0. The van der Waals surface area contributed by atoms with E-state index in [0.29, 0.717) is 41.9 Å². The first-order valence-corrected chi connectivity index (χ1v) is 19.7. The molecule has 0 spiro atoms. The van der Waals surface area contributed by atoms with Crippen molar-refractivity contribution in [3.05, 3.63) is 139 Å². The zero-order valence-electron chi connectivity index (χ0n) is 29.3. The summed E-state index contributed by atoms with van der Waals surface area (Å²) in [5.74, 6) is -0.132. The molecular formula is C40H40F2O4S4. The number of fused-ring (bicyclic) bond motifs is 4. The summed E-state index contributed by atoms with van der Waals surface area (Å²) in [6.45, 7) is 16.0. The quantitative estimate of drug-likeness (QED) is 0.165. The first-order chi connectivity index (χ1) is 24.5. The van der Waals surface area contributed by atoms with Crippen LogP contribution in [0.1, 0.15) is 96.8 Å². The molecular weight excluding hydrogens is 711 g/mol. The highest BCUT2D eigenvalue weighted by Crippen LogP contribution is 2.50. The Kier molecular flexibility index (Phi) is 18.3. The third kappa shape index (κ3) is 8.96. The second kappa shape index (κ2) is 21.5. The molecule has 0 N–H and O–H groups in total. The fraction of sp³-hybridized carbons (Fsp3) is 0.200. The molecule has 0 unspecified atom stereocenters. The zero-order valence-corrected chi connectivity index (χ0v) is 32.5. The van der Waals surface area contributed by atoms with E-state index in [9.17, 15) is 19.2 Å². The highest BCUT2D eigenvalue weighted by molar-refractivity contribution is 8.09. The smallest absolute Gasteiger partial charge is 0.202 e. The number of allylic oxidation sites excluding steroid dienone is 4. The summed E-state index contributed by atoms with van der Waals surface area (Å²) in [5.41, 5.74) is 2.79. The van der Waals surface area contributed by atoms with E-state index in [-0.39, 0.29) is 23.1 Å². The number of carbonyl (C=O) groups excluding carboxylic acids is 4. The van der Waals surface area contributed by atoms with Crippen LogP contribution in [0, 0.1) is 0 Å². The van der Waals surface area contributed by atoms with Gasteiger partial charge in [-0.1, -0.05) is 151 Å². The molecule has 10 heteroatoms. The van der Waals surface area contributed by atoms with Crippen LogP contribution in [0.3, 0.4) is 0 Å². The van der Waals surface area contributed by atoms with Crippen molar-refractivity contribution in [1.29, 1.82) is 0 Å². The van der Waals surface area contributed by atoms with Crippen LogP contribution in [0.25, 0.3) is 0 Å². The van der Waals surface area contributed by atoms with Crippen LogP contribution in [-0.2, 0) is 0 Å². The molecule has 0 amide bonds. The van der Waals surface area contributed by atoms with Crippen molar-refractivity contribution < 1.29 is 28.3 Å². The number of Topliss-reactive ketones (excluding diaryl/α,β-unsaturated/α-hetero) is 4. The monoisotopic (exact) mass is 750 g/mol. The number of carbonyl (C=O) groups is 4. The van der Waals surface area contributed by atoms with Gasteiger partial charge in [-0.25, -0.2) is 0 Å². The van der Waals surface area contributed by atoms with E-state index in [2.05, 4.69) is 0 Å². The first-order valence-electron chi connectivity index (χ1n) is 16.4. The van der Waals surface area contributed by atoms with Gasteiger partial charge in [0, 0.05) is 51.0 Å². The van der Waals surface area contributed by atoms with Crippen molar-refractivity contribution >= 4 is 70.2 Å². The van der Waals surface area contributed by atoms with E-state index in [4.69, 9.17) is 9.15 Å². The normalized spacial score (nSPS) is 16.8. The second-order valence-corrected chi connectivity index (χ2v) is 13.2. The van der Waals surface area contributed by atoms with Gasteiger partial charge in [0.1, 0.15) is 0 Å². The Morgan fingerprint density at radius 1 is 0.320 bits per heavy atom. The highest BCUT2D eigenvalue weighted by atomic mass is 32.2.